The second-order valence-electron chi connectivity index (χ2n) is 6.64. The number of hydrogen-bond donors (Lipinski definition) is 2. The molecule has 1 aromatic carbocycles. The van der Waals surface area contributed by atoms with Gasteiger partial charge < -0.3 is 14.8 Å². The van der Waals surface area contributed by atoms with E-state index in [0.29, 0.717) is 18.3 Å². The number of fused-ring (bicyclic) bond motifs is 1. The topological polar surface area (TPSA) is 89.1 Å². The largest absolute Gasteiger partial charge is 0.494 e. The van der Waals surface area contributed by atoms with Gasteiger partial charge in [-0.1, -0.05) is 17.8 Å². The van der Waals surface area contributed by atoms with Crippen molar-refractivity contribution >= 4 is 29.0 Å². The first kappa shape index (κ1) is 19.8. The van der Waals surface area contributed by atoms with Gasteiger partial charge in [0.2, 0.25) is 11.1 Å². The zero-order valence-corrected chi connectivity index (χ0v) is 17.9. The van der Waals surface area contributed by atoms with Crippen molar-refractivity contribution in [1.82, 2.24) is 20.5 Å². The average molecular weight is 431 g/mol. The van der Waals surface area contributed by atoms with Gasteiger partial charge in [0.25, 0.3) is 0 Å². The summed E-state index contributed by atoms with van der Waals surface area (Å²) >= 11 is 2.89. The van der Waals surface area contributed by atoms with E-state index in [9.17, 15) is 4.79 Å². The molecule has 0 saturated heterocycles. The third-order valence-corrected chi connectivity index (χ3v) is 6.13. The summed E-state index contributed by atoms with van der Waals surface area (Å²) in [6, 6.07) is 7.94. The number of thiophene rings is 1. The van der Waals surface area contributed by atoms with Gasteiger partial charge in [-0.25, -0.2) is 4.98 Å². The summed E-state index contributed by atoms with van der Waals surface area (Å²) in [5, 5.41) is 12.6. The minimum Gasteiger partial charge on any atom is -0.494 e. The van der Waals surface area contributed by atoms with Crippen LogP contribution in [0.1, 0.15) is 25.0 Å². The Hall–Kier alpha value is -2.52. The first-order chi connectivity index (χ1) is 14.1. The van der Waals surface area contributed by atoms with E-state index in [4.69, 9.17) is 9.47 Å². The van der Waals surface area contributed by atoms with Crippen LogP contribution in [0, 0.1) is 0 Å². The molecule has 0 aliphatic carbocycles. The smallest absolute Gasteiger partial charge is 0.230 e. The highest BCUT2D eigenvalue weighted by atomic mass is 32.2. The quantitative estimate of drug-likeness (QED) is 0.530. The number of H-pyrrole nitrogens is 1. The van der Waals surface area contributed by atoms with Crippen LogP contribution in [0.3, 0.4) is 0 Å². The molecule has 3 heterocycles. The summed E-state index contributed by atoms with van der Waals surface area (Å²) in [5.74, 6) is 2.55. The van der Waals surface area contributed by atoms with Gasteiger partial charge in [0.1, 0.15) is 17.6 Å². The van der Waals surface area contributed by atoms with E-state index >= 15 is 0 Å². The molecule has 4 rings (SSSR count). The molecule has 1 unspecified atom stereocenters. The van der Waals surface area contributed by atoms with E-state index in [1.165, 1.54) is 11.8 Å². The Morgan fingerprint density at radius 1 is 1.48 bits per heavy atom. The van der Waals surface area contributed by atoms with Gasteiger partial charge in [-0.05, 0) is 37.4 Å². The van der Waals surface area contributed by atoms with Gasteiger partial charge in [0, 0.05) is 24.1 Å². The monoisotopic (exact) mass is 430 g/mol. The van der Waals surface area contributed by atoms with Gasteiger partial charge in [-0.3, -0.25) is 9.89 Å². The molecule has 1 atom stereocenters. The van der Waals surface area contributed by atoms with E-state index in [1.54, 1.807) is 11.3 Å². The van der Waals surface area contributed by atoms with Crippen LogP contribution in [0.2, 0.25) is 0 Å². The predicted molar refractivity (Wildman–Crippen MR) is 114 cm³/mol. The van der Waals surface area contributed by atoms with Crippen LogP contribution >= 0.6 is 23.1 Å². The Morgan fingerprint density at radius 3 is 3.17 bits per heavy atom. The number of thioether (sulfide) groups is 1. The molecule has 1 aliphatic heterocycles. The van der Waals surface area contributed by atoms with E-state index in [0.717, 1.165) is 39.7 Å². The Balaban J connectivity index is 1.33. The number of benzene rings is 1. The van der Waals surface area contributed by atoms with Crippen LogP contribution in [0.15, 0.2) is 34.8 Å². The summed E-state index contributed by atoms with van der Waals surface area (Å²) in [7, 11) is 0. The van der Waals surface area contributed by atoms with Crippen LogP contribution in [-0.2, 0) is 17.8 Å². The zero-order chi connectivity index (χ0) is 20.2. The Morgan fingerprint density at radius 2 is 2.38 bits per heavy atom. The van der Waals surface area contributed by atoms with Crippen molar-refractivity contribution < 1.29 is 14.3 Å². The number of amides is 1. The number of carbonyl (C=O) groups is 1. The molecule has 1 aliphatic rings. The Bertz CT molecular complexity index is 988. The number of hydrogen-bond acceptors (Lipinski definition) is 7. The maximum absolute atomic E-state index is 12.3. The molecule has 0 fully saturated rings. The average Bonchev–Trinajstić information content (AvgIpc) is 3.44. The lowest BCUT2D eigenvalue weighted by atomic mass is 10.1. The SMILES string of the molecule is CCOc1cc2c(cc1CNC(=O)CSc1n[nH]c(-c3cccs3)n1)OC(C)C2. The molecule has 1 amide bonds. The molecular formula is C20H22N4O3S2. The molecule has 0 saturated carbocycles. The van der Waals surface area contributed by atoms with E-state index in [1.807, 2.05) is 43.5 Å². The molecule has 29 heavy (non-hydrogen) atoms. The lowest BCUT2D eigenvalue weighted by Crippen LogP contribution is -2.25. The van der Waals surface area contributed by atoms with E-state index < -0.39 is 0 Å². The second-order valence-corrected chi connectivity index (χ2v) is 8.53. The van der Waals surface area contributed by atoms with Crippen molar-refractivity contribution in [2.45, 2.75) is 38.1 Å². The highest BCUT2D eigenvalue weighted by Crippen LogP contribution is 2.35. The molecule has 0 spiro atoms. The standard InChI is InChI=1S/C20H22N4O3S2/c1-3-26-15-8-13-7-12(2)27-16(13)9-14(15)10-21-18(25)11-29-20-22-19(23-24-20)17-5-4-6-28-17/h4-6,8-9,12H,3,7,10-11H2,1-2H3,(H,21,25)(H,22,23,24). The number of nitrogens with zero attached hydrogens (tertiary/aromatic N) is 2. The molecule has 2 N–H and O–H groups in total. The highest BCUT2D eigenvalue weighted by molar-refractivity contribution is 7.99. The minimum atomic E-state index is -0.0882. The summed E-state index contributed by atoms with van der Waals surface area (Å²) in [6.45, 7) is 4.95. The summed E-state index contributed by atoms with van der Waals surface area (Å²) in [5.41, 5.74) is 2.06. The van der Waals surface area contributed by atoms with Crippen molar-refractivity contribution in [3.05, 3.63) is 40.8 Å². The fraction of sp³-hybridized carbons (Fsp3) is 0.350. The van der Waals surface area contributed by atoms with Crippen LogP contribution in [-0.4, -0.2) is 39.6 Å². The fourth-order valence-electron chi connectivity index (χ4n) is 3.12. The fourth-order valence-corrected chi connectivity index (χ4v) is 4.41. The highest BCUT2D eigenvalue weighted by Gasteiger charge is 2.22. The van der Waals surface area contributed by atoms with Gasteiger partial charge >= 0.3 is 0 Å². The number of aromatic nitrogens is 3. The van der Waals surface area contributed by atoms with Crippen molar-refractivity contribution in [2.24, 2.45) is 0 Å². The summed E-state index contributed by atoms with van der Waals surface area (Å²) in [6.07, 6.45) is 1.05. The molecular weight excluding hydrogens is 408 g/mol. The number of carbonyl (C=O) groups excluding carboxylic acids is 1. The molecule has 7 nitrogen and oxygen atoms in total. The summed E-state index contributed by atoms with van der Waals surface area (Å²) in [4.78, 5) is 17.7. The van der Waals surface area contributed by atoms with Gasteiger partial charge in [0.05, 0.1) is 17.2 Å². The zero-order valence-electron chi connectivity index (χ0n) is 16.2. The van der Waals surface area contributed by atoms with E-state index in [-0.39, 0.29) is 17.8 Å². The number of rotatable bonds is 8. The van der Waals surface area contributed by atoms with Crippen molar-refractivity contribution in [2.75, 3.05) is 12.4 Å². The van der Waals surface area contributed by atoms with Gasteiger partial charge in [0.15, 0.2) is 5.82 Å². The third-order valence-electron chi connectivity index (χ3n) is 4.41. The van der Waals surface area contributed by atoms with Crippen molar-refractivity contribution in [3.8, 4) is 22.2 Å². The first-order valence-corrected chi connectivity index (χ1v) is 11.3. The van der Waals surface area contributed by atoms with E-state index in [2.05, 4.69) is 20.5 Å². The van der Waals surface area contributed by atoms with Gasteiger partial charge in [-0.2, -0.15) is 0 Å². The lowest BCUT2D eigenvalue weighted by Gasteiger charge is -2.13. The van der Waals surface area contributed by atoms with Crippen LogP contribution < -0.4 is 14.8 Å². The van der Waals surface area contributed by atoms with Crippen LogP contribution in [0.4, 0.5) is 0 Å². The summed E-state index contributed by atoms with van der Waals surface area (Å²) < 4.78 is 11.6. The normalized spacial score (nSPS) is 15.0. The van der Waals surface area contributed by atoms with Crippen molar-refractivity contribution in [3.63, 3.8) is 0 Å². The number of ether oxygens (including phenoxy) is 2. The molecule has 152 valence electrons. The Labute approximate surface area is 177 Å². The maximum Gasteiger partial charge on any atom is 0.230 e. The molecule has 2 aromatic heterocycles. The first-order valence-electron chi connectivity index (χ1n) is 9.43. The molecule has 3 aromatic rings. The van der Waals surface area contributed by atoms with Crippen molar-refractivity contribution in [1.29, 1.82) is 0 Å². The third kappa shape index (κ3) is 4.73. The molecule has 0 bridgehead atoms. The Kier molecular flexibility index (Phi) is 6.05. The van der Waals surface area contributed by atoms with Crippen LogP contribution in [0.5, 0.6) is 11.5 Å². The second kappa shape index (κ2) is 8.87. The van der Waals surface area contributed by atoms with Gasteiger partial charge in [-0.15, -0.1) is 16.4 Å². The number of nitrogens with one attached hydrogen (secondary N) is 2. The van der Waals surface area contributed by atoms with Crippen LogP contribution in [0.25, 0.3) is 10.7 Å². The lowest BCUT2D eigenvalue weighted by molar-refractivity contribution is -0.118. The predicted octanol–water partition coefficient (Wildman–Crippen LogP) is 3.66. The number of aromatic amines is 1. The minimum absolute atomic E-state index is 0.0882. The maximum atomic E-state index is 12.3. The molecule has 9 heteroatoms. The molecule has 0 radical (unpaired) electrons.